The Balaban J connectivity index is 2.89. The van der Waals surface area contributed by atoms with Crippen molar-refractivity contribution in [3.05, 3.63) is 22.7 Å². The van der Waals surface area contributed by atoms with Gasteiger partial charge in [-0.2, -0.15) is 0 Å². The van der Waals surface area contributed by atoms with E-state index in [-0.39, 0.29) is 5.75 Å². The first-order chi connectivity index (χ1) is 6.42. The molecule has 0 spiro atoms. The Morgan fingerprint density at radius 3 is 2.82 bits per heavy atom. The van der Waals surface area contributed by atoms with Crippen LogP contribution in [-0.4, -0.2) is 14.1 Å². The summed E-state index contributed by atoms with van der Waals surface area (Å²) in [6, 6.07) is 4.81. The summed E-state index contributed by atoms with van der Waals surface area (Å²) in [5.74, 6) is 0.903. The zero-order valence-electron chi connectivity index (χ0n) is 8.93. The van der Waals surface area contributed by atoms with Crippen molar-refractivity contribution in [2.24, 2.45) is 0 Å². The van der Waals surface area contributed by atoms with Crippen LogP contribution in [0, 0.1) is 0 Å². The second-order valence-electron chi connectivity index (χ2n) is 1.90. The molecule has 1 aromatic rings. The minimum atomic E-state index is -2.43. The number of benzene rings is 1. The standard InChI is InChI=1S/C8H9BrO2/c1-10-6-3-4-8(11-2)7(9)5-6/h3-5H,1-2H3/i2D3. The lowest BCUT2D eigenvalue weighted by atomic mass is 10.3. The van der Waals surface area contributed by atoms with Gasteiger partial charge in [0.1, 0.15) is 11.5 Å². The molecule has 0 aliphatic carbocycles. The van der Waals surface area contributed by atoms with E-state index in [4.69, 9.17) is 13.6 Å². The van der Waals surface area contributed by atoms with Crippen molar-refractivity contribution in [3.63, 3.8) is 0 Å². The first-order valence-electron chi connectivity index (χ1n) is 4.45. The van der Waals surface area contributed by atoms with Gasteiger partial charge in [0.15, 0.2) is 0 Å². The summed E-state index contributed by atoms with van der Waals surface area (Å²) in [5.41, 5.74) is 0. The zero-order chi connectivity index (χ0) is 10.8. The minimum absolute atomic E-state index is 0.269. The fourth-order valence-corrected chi connectivity index (χ4v) is 1.13. The second-order valence-corrected chi connectivity index (χ2v) is 2.75. The van der Waals surface area contributed by atoms with Crippen molar-refractivity contribution in [1.82, 2.24) is 0 Å². The van der Waals surface area contributed by atoms with E-state index in [2.05, 4.69) is 15.9 Å². The molecule has 0 aliphatic rings. The van der Waals surface area contributed by atoms with Gasteiger partial charge in [-0.1, -0.05) is 0 Å². The Bertz CT molecular complexity index is 325. The van der Waals surface area contributed by atoms with Crippen LogP contribution in [0.15, 0.2) is 22.7 Å². The summed E-state index contributed by atoms with van der Waals surface area (Å²) in [5, 5.41) is 0. The number of methoxy groups -OCH3 is 2. The Morgan fingerprint density at radius 1 is 1.45 bits per heavy atom. The highest BCUT2D eigenvalue weighted by Crippen LogP contribution is 2.28. The van der Waals surface area contributed by atoms with Crippen molar-refractivity contribution in [3.8, 4) is 11.5 Å². The van der Waals surface area contributed by atoms with Crippen molar-refractivity contribution in [1.29, 1.82) is 0 Å². The molecule has 11 heavy (non-hydrogen) atoms. The molecule has 0 saturated carbocycles. The monoisotopic (exact) mass is 219 g/mol. The SMILES string of the molecule is [2H]C([2H])([2H])Oc1ccc(OC)cc1Br. The Morgan fingerprint density at radius 2 is 2.27 bits per heavy atom. The van der Waals surface area contributed by atoms with Gasteiger partial charge in [0, 0.05) is 0 Å². The first-order valence-corrected chi connectivity index (χ1v) is 3.74. The summed E-state index contributed by atoms with van der Waals surface area (Å²) in [6.07, 6.45) is 0. The lowest BCUT2D eigenvalue weighted by molar-refractivity contribution is 0.401. The predicted molar refractivity (Wildman–Crippen MR) is 47.2 cm³/mol. The fourth-order valence-electron chi connectivity index (χ4n) is 0.691. The molecular weight excluding hydrogens is 208 g/mol. The van der Waals surface area contributed by atoms with Gasteiger partial charge in [0.05, 0.1) is 22.7 Å². The molecule has 0 aromatic heterocycles. The number of ether oxygens (including phenoxy) is 2. The summed E-state index contributed by atoms with van der Waals surface area (Å²) < 4.78 is 31.0. The molecule has 1 aromatic carbocycles. The van der Waals surface area contributed by atoms with Gasteiger partial charge in [-0.15, -0.1) is 0 Å². The summed E-state index contributed by atoms with van der Waals surface area (Å²) in [6.45, 7) is 0. The van der Waals surface area contributed by atoms with Gasteiger partial charge in [-0.3, -0.25) is 0 Å². The maximum absolute atomic E-state index is 6.92. The van der Waals surface area contributed by atoms with E-state index in [0.29, 0.717) is 10.2 Å². The van der Waals surface area contributed by atoms with E-state index < -0.39 is 7.04 Å². The van der Waals surface area contributed by atoms with E-state index in [1.165, 1.54) is 13.2 Å². The second kappa shape index (κ2) is 3.62. The Kier molecular flexibility index (Phi) is 1.66. The van der Waals surface area contributed by atoms with Gasteiger partial charge < -0.3 is 9.47 Å². The van der Waals surface area contributed by atoms with Gasteiger partial charge in [-0.25, -0.2) is 0 Å². The van der Waals surface area contributed by atoms with Crippen LogP contribution in [-0.2, 0) is 0 Å². The van der Waals surface area contributed by atoms with Gasteiger partial charge >= 0.3 is 0 Å². The van der Waals surface area contributed by atoms with Gasteiger partial charge in [0.25, 0.3) is 0 Å². The highest BCUT2D eigenvalue weighted by Gasteiger charge is 1.99. The Hall–Kier alpha value is -0.700. The average Bonchev–Trinajstić information content (AvgIpc) is 2.06. The third-order valence-corrected chi connectivity index (χ3v) is 1.87. The van der Waals surface area contributed by atoms with E-state index in [1.807, 2.05) is 0 Å². The highest BCUT2D eigenvalue weighted by atomic mass is 79.9. The third-order valence-electron chi connectivity index (χ3n) is 1.25. The van der Waals surface area contributed by atoms with E-state index in [1.54, 1.807) is 12.1 Å². The number of hydrogen-bond donors (Lipinski definition) is 0. The molecule has 0 unspecified atom stereocenters. The molecule has 60 valence electrons. The van der Waals surface area contributed by atoms with E-state index in [9.17, 15) is 0 Å². The molecule has 0 atom stereocenters. The first kappa shape index (κ1) is 5.04. The maximum atomic E-state index is 6.92. The minimum Gasteiger partial charge on any atom is -0.497 e. The molecule has 2 nitrogen and oxygen atoms in total. The molecular formula is C8H9BrO2. The largest absolute Gasteiger partial charge is 0.497 e. The van der Waals surface area contributed by atoms with Gasteiger partial charge in [0.2, 0.25) is 0 Å². The van der Waals surface area contributed by atoms with Crippen LogP contribution in [0.3, 0.4) is 0 Å². The zero-order valence-corrected chi connectivity index (χ0v) is 7.51. The number of hydrogen-bond acceptors (Lipinski definition) is 2. The predicted octanol–water partition coefficient (Wildman–Crippen LogP) is 2.47. The third kappa shape index (κ3) is 1.87. The molecule has 0 aliphatic heterocycles. The lowest BCUT2D eigenvalue weighted by Crippen LogP contribution is -1.86. The molecule has 1 rings (SSSR count). The van der Waals surface area contributed by atoms with Crippen LogP contribution in [0.25, 0.3) is 0 Å². The average molecular weight is 220 g/mol. The normalized spacial score (nSPS) is 14.5. The van der Waals surface area contributed by atoms with Crippen molar-refractivity contribution in [2.75, 3.05) is 14.1 Å². The molecule has 0 N–H and O–H groups in total. The molecule has 3 heteroatoms. The number of rotatable bonds is 2. The lowest BCUT2D eigenvalue weighted by Gasteiger charge is -2.04. The summed E-state index contributed by atoms with van der Waals surface area (Å²) in [4.78, 5) is 0. The van der Waals surface area contributed by atoms with Crippen molar-refractivity contribution < 1.29 is 13.6 Å². The Labute approximate surface area is 78.5 Å². The van der Waals surface area contributed by atoms with Crippen LogP contribution >= 0.6 is 15.9 Å². The van der Waals surface area contributed by atoms with Crippen molar-refractivity contribution >= 4 is 15.9 Å². The van der Waals surface area contributed by atoms with Crippen LogP contribution in [0.2, 0.25) is 0 Å². The van der Waals surface area contributed by atoms with Crippen LogP contribution < -0.4 is 9.47 Å². The molecule has 0 amide bonds. The molecule has 0 saturated heterocycles. The fraction of sp³-hybridized carbons (Fsp3) is 0.250. The van der Waals surface area contributed by atoms with Crippen molar-refractivity contribution in [2.45, 2.75) is 0 Å². The molecule has 0 heterocycles. The molecule has 0 radical (unpaired) electrons. The highest BCUT2D eigenvalue weighted by molar-refractivity contribution is 9.10. The van der Waals surface area contributed by atoms with E-state index >= 15 is 0 Å². The van der Waals surface area contributed by atoms with Crippen LogP contribution in [0.1, 0.15) is 4.11 Å². The molecule has 0 bridgehead atoms. The van der Waals surface area contributed by atoms with E-state index in [0.717, 1.165) is 0 Å². The van der Waals surface area contributed by atoms with Crippen LogP contribution in [0.5, 0.6) is 11.5 Å². The van der Waals surface area contributed by atoms with Crippen LogP contribution in [0.4, 0.5) is 0 Å². The molecule has 0 fully saturated rings. The summed E-state index contributed by atoms with van der Waals surface area (Å²) >= 11 is 3.19. The topological polar surface area (TPSA) is 18.5 Å². The maximum Gasteiger partial charge on any atom is 0.133 e. The quantitative estimate of drug-likeness (QED) is 0.762. The van der Waals surface area contributed by atoms with Gasteiger partial charge in [-0.05, 0) is 34.1 Å². The number of halogens is 1. The smallest absolute Gasteiger partial charge is 0.133 e. The summed E-state index contributed by atoms with van der Waals surface area (Å²) in [7, 11) is -0.900.